The monoisotopic (exact) mass is 163 g/mol. The number of aliphatic hydroxyl groups is 2. The zero-order valence-corrected chi connectivity index (χ0v) is 6.30. The van der Waals surface area contributed by atoms with Gasteiger partial charge in [0.25, 0.3) is 0 Å². The maximum Gasteiger partial charge on any atom is 0.185 e. The van der Waals surface area contributed by atoms with E-state index >= 15 is 0 Å². The van der Waals surface area contributed by atoms with Crippen molar-refractivity contribution in [2.24, 2.45) is 5.73 Å². The van der Waals surface area contributed by atoms with Crippen LogP contribution >= 0.6 is 0 Å². The molecule has 66 valence electrons. The molecule has 0 saturated carbocycles. The third kappa shape index (κ3) is 1.52. The fraction of sp³-hybridized carbons (Fsp3) is 1.00. The summed E-state index contributed by atoms with van der Waals surface area (Å²) in [5.41, 5.74) is 5.48. The Kier molecular flexibility index (Phi) is 2.80. The Bertz CT molecular complexity index is 114. The summed E-state index contributed by atoms with van der Waals surface area (Å²) in [7, 11) is 1.42. The molecule has 5 heteroatoms. The van der Waals surface area contributed by atoms with Crippen LogP contribution in [0, 0.1) is 0 Å². The lowest BCUT2D eigenvalue weighted by molar-refractivity contribution is -0.153. The minimum atomic E-state index is -0.850. The lowest BCUT2D eigenvalue weighted by Crippen LogP contribution is -2.41. The molecule has 0 amide bonds. The molecule has 4 atom stereocenters. The van der Waals surface area contributed by atoms with Crippen molar-refractivity contribution in [2.45, 2.75) is 24.5 Å². The molecule has 4 N–H and O–H groups in total. The Morgan fingerprint density at radius 2 is 2.27 bits per heavy atom. The van der Waals surface area contributed by atoms with Crippen LogP contribution in [0.25, 0.3) is 0 Å². The Morgan fingerprint density at radius 3 is 2.55 bits per heavy atom. The molecule has 1 saturated heterocycles. The van der Waals surface area contributed by atoms with Gasteiger partial charge in [0.1, 0.15) is 12.2 Å². The van der Waals surface area contributed by atoms with Crippen molar-refractivity contribution in [2.75, 3.05) is 13.7 Å². The Labute approximate surface area is 64.7 Å². The molecule has 0 aromatic carbocycles. The van der Waals surface area contributed by atoms with E-state index in [1.807, 2.05) is 0 Å². The van der Waals surface area contributed by atoms with Crippen LogP contribution in [0.1, 0.15) is 0 Å². The summed E-state index contributed by atoms with van der Waals surface area (Å²) in [5.74, 6) is 0. The van der Waals surface area contributed by atoms with Crippen LogP contribution in [0.15, 0.2) is 0 Å². The van der Waals surface area contributed by atoms with E-state index < -0.39 is 24.5 Å². The van der Waals surface area contributed by atoms with E-state index in [4.69, 9.17) is 20.3 Å². The quantitative estimate of drug-likeness (QED) is 0.440. The number of nitrogens with two attached hydrogens (primary N) is 1. The van der Waals surface area contributed by atoms with Gasteiger partial charge in [-0.25, -0.2) is 0 Å². The van der Waals surface area contributed by atoms with Crippen molar-refractivity contribution in [1.29, 1.82) is 0 Å². The maximum absolute atomic E-state index is 9.27. The van der Waals surface area contributed by atoms with E-state index in [1.54, 1.807) is 0 Å². The zero-order valence-electron chi connectivity index (χ0n) is 6.30. The fourth-order valence-electron chi connectivity index (χ4n) is 1.10. The first-order chi connectivity index (χ1) is 5.20. The van der Waals surface area contributed by atoms with Crippen LogP contribution in [0.5, 0.6) is 0 Å². The van der Waals surface area contributed by atoms with Gasteiger partial charge in [-0.05, 0) is 0 Å². The van der Waals surface area contributed by atoms with Crippen LogP contribution in [-0.4, -0.2) is 48.5 Å². The molecule has 1 heterocycles. The highest BCUT2D eigenvalue weighted by molar-refractivity contribution is 4.89. The lowest BCUT2D eigenvalue weighted by Gasteiger charge is -2.12. The number of ether oxygens (including phenoxy) is 2. The molecule has 0 spiro atoms. The van der Waals surface area contributed by atoms with Crippen molar-refractivity contribution in [3.63, 3.8) is 0 Å². The summed E-state index contributed by atoms with van der Waals surface area (Å²) < 4.78 is 9.80. The molecule has 0 aliphatic carbocycles. The van der Waals surface area contributed by atoms with Crippen LogP contribution in [0.2, 0.25) is 0 Å². The molecule has 5 nitrogen and oxygen atoms in total. The smallest absolute Gasteiger partial charge is 0.185 e. The van der Waals surface area contributed by atoms with Crippen LogP contribution in [0.4, 0.5) is 0 Å². The van der Waals surface area contributed by atoms with Crippen LogP contribution in [0.3, 0.4) is 0 Å². The van der Waals surface area contributed by atoms with Crippen LogP contribution < -0.4 is 5.73 Å². The SMILES string of the molecule is CO[C@@H]1O[C@H](CO)[C@H](N)C1O. The van der Waals surface area contributed by atoms with E-state index in [9.17, 15) is 5.11 Å². The summed E-state index contributed by atoms with van der Waals surface area (Å²) in [6.07, 6.45) is -2.07. The molecule has 1 unspecified atom stereocenters. The highest BCUT2D eigenvalue weighted by Crippen LogP contribution is 2.19. The number of methoxy groups -OCH3 is 1. The average molecular weight is 163 g/mol. The Morgan fingerprint density at radius 1 is 1.64 bits per heavy atom. The number of aliphatic hydroxyl groups excluding tert-OH is 2. The van der Waals surface area contributed by atoms with E-state index in [2.05, 4.69) is 0 Å². The number of hydrogen-bond acceptors (Lipinski definition) is 5. The molecule has 0 radical (unpaired) electrons. The van der Waals surface area contributed by atoms with E-state index in [1.165, 1.54) is 7.11 Å². The third-order valence-corrected chi connectivity index (χ3v) is 1.82. The molecule has 0 aromatic heterocycles. The largest absolute Gasteiger partial charge is 0.394 e. The van der Waals surface area contributed by atoms with Gasteiger partial charge in [0.05, 0.1) is 12.6 Å². The zero-order chi connectivity index (χ0) is 8.43. The fourth-order valence-corrected chi connectivity index (χ4v) is 1.10. The van der Waals surface area contributed by atoms with Gasteiger partial charge in [-0.15, -0.1) is 0 Å². The highest BCUT2D eigenvalue weighted by Gasteiger charge is 2.41. The standard InChI is InChI=1S/C6H13NO4/c1-10-6-5(9)4(7)3(2-8)11-6/h3-6,8-9H,2,7H2,1H3/t3-,4+,5?,6-/m1/s1. The summed E-state index contributed by atoms with van der Waals surface area (Å²) in [4.78, 5) is 0. The summed E-state index contributed by atoms with van der Waals surface area (Å²) >= 11 is 0. The average Bonchev–Trinajstić information content (AvgIpc) is 2.30. The second-order valence-electron chi connectivity index (χ2n) is 2.53. The van der Waals surface area contributed by atoms with E-state index in [0.29, 0.717) is 0 Å². The highest BCUT2D eigenvalue weighted by atomic mass is 16.7. The van der Waals surface area contributed by atoms with Gasteiger partial charge in [-0.3, -0.25) is 0 Å². The molecule has 1 aliphatic heterocycles. The van der Waals surface area contributed by atoms with Gasteiger partial charge in [-0.2, -0.15) is 0 Å². The van der Waals surface area contributed by atoms with Gasteiger partial charge >= 0.3 is 0 Å². The summed E-state index contributed by atoms with van der Waals surface area (Å²) in [5, 5.41) is 18.0. The summed E-state index contributed by atoms with van der Waals surface area (Å²) in [6, 6.07) is -0.565. The molecule has 1 aliphatic rings. The van der Waals surface area contributed by atoms with Gasteiger partial charge in [0.15, 0.2) is 6.29 Å². The molecule has 0 bridgehead atoms. The van der Waals surface area contributed by atoms with Crippen molar-refractivity contribution >= 4 is 0 Å². The van der Waals surface area contributed by atoms with Crippen molar-refractivity contribution in [3.8, 4) is 0 Å². The van der Waals surface area contributed by atoms with Crippen molar-refractivity contribution < 1.29 is 19.7 Å². The first-order valence-corrected chi connectivity index (χ1v) is 3.43. The molecule has 0 aromatic rings. The number of hydrogen-bond donors (Lipinski definition) is 3. The summed E-state index contributed by atoms with van der Waals surface area (Å²) in [6.45, 7) is -0.196. The van der Waals surface area contributed by atoms with Crippen molar-refractivity contribution in [3.05, 3.63) is 0 Å². The topological polar surface area (TPSA) is 84.9 Å². The maximum atomic E-state index is 9.27. The molecular weight excluding hydrogens is 150 g/mol. The normalized spacial score (nSPS) is 44.7. The lowest BCUT2D eigenvalue weighted by atomic mass is 10.1. The Balaban J connectivity index is 2.53. The molecular formula is C6H13NO4. The second kappa shape index (κ2) is 3.46. The predicted molar refractivity (Wildman–Crippen MR) is 36.7 cm³/mol. The number of rotatable bonds is 2. The van der Waals surface area contributed by atoms with Gasteiger partial charge in [-0.1, -0.05) is 0 Å². The molecule has 1 fully saturated rings. The minimum absolute atomic E-state index is 0.196. The van der Waals surface area contributed by atoms with Crippen molar-refractivity contribution in [1.82, 2.24) is 0 Å². The van der Waals surface area contributed by atoms with Crippen LogP contribution in [-0.2, 0) is 9.47 Å². The first kappa shape index (κ1) is 8.89. The minimum Gasteiger partial charge on any atom is -0.394 e. The Hall–Kier alpha value is -0.200. The molecule has 11 heavy (non-hydrogen) atoms. The van der Waals surface area contributed by atoms with E-state index in [0.717, 1.165) is 0 Å². The van der Waals surface area contributed by atoms with Gasteiger partial charge < -0.3 is 25.4 Å². The first-order valence-electron chi connectivity index (χ1n) is 3.43. The van der Waals surface area contributed by atoms with E-state index in [-0.39, 0.29) is 6.61 Å². The molecule has 1 rings (SSSR count). The van der Waals surface area contributed by atoms with Gasteiger partial charge in [0.2, 0.25) is 0 Å². The second-order valence-corrected chi connectivity index (χ2v) is 2.53. The van der Waals surface area contributed by atoms with Gasteiger partial charge in [0, 0.05) is 7.11 Å². The predicted octanol–water partition coefficient (Wildman–Crippen LogP) is -1.96. The third-order valence-electron chi connectivity index (χ3n) is 1.82.